The maximum Gasteiger partial charge on any atom is 0.345 e. The highest BCUT2D eigenvalue weighted by molar-refractivity contribution is 5.91. The van der Waals surface area contributed by atoms with Crippen molar-refractivity contribution in [1.29, 1.82) is 0 Å². The van der Waals surface area contributed by atoms with Crippen LogP contribution in [0, 0.1) is 13.8 Å². The van der Waals surface area contributed by atoms with E-state index in [1.165, 1.54) is 0 Å². The lowest BCUT2D eigenvalue weighted by atomic mass is 9.99. The SMILES string of the molecule is C/C=C(OC)\C(=C/c1cc2c(cn1)nc(C1CCOCC1)n2CCOC(F)F)c1c(C)noc1C. The van der Waals surface area contributed by atoms with E-state index in [2.05, 4.69) is 14.9 Å². The van der Waals surface area contributed by atoms with Crippen LogP contribution in [0.5, 0.6) is 0 Å². The maximum atomic E-state index is 12.7. The third-order valence-corrected chi connectivity index (χ3v) is 6.17. The van der Waals surface area contributed by atoms with Crippen LogP contribution in [0.1, 0.15) is 54.2 Å². The fourth-order valence-electron chi connectivity index (χ4n) is 4.54. The molecule has 1 fully saturated rings. The number of pyridine rings is 1. The Bertz CT molecular complexity index is 1210. The second-order valence-corrected chi connectivity index (χ2v) is 8.35. The molecule has 0 amide bonds. The molecular weight excluding hydrogens is 458 g/mol. The van der Waals surface area contributed by atoms with Gasteiger partial charge in [-0.1, -0.05) is 5.16 Å². The Kier molecular flexibility index (Phi) is 7.92. The van der Waals surface area contributed by atoms with Gasteiger partial charge in [-0.3, -0.25) is 4.98 Å². The Morgan fingerprint density at radius 3 is 2.69 bits per heavy atom. The van der Waals surface area contributed by atoms with Gasteiger partial charge in [0.25, 0.3) is 0 Å². The van der Waals surface area contributed by atoms with Crippen LogP contribution in [-0.4, -0.2) is 53.2 Å². The number of nitrogens with zero attached hydrogens (tertiary/aromatic N) is 4. The average molecular weight is 489 g/mol. The highest BCUT2D eigenvalue weighted by Crippen LogP contribution is 2.33. The van der Waals surface area contributed by atoms with Gasteiger partial charge in [0.05, 0.1) is 42.4 Å². The molecule has 0 bridgehead atoms. The predicted molar refractivity (Wildman–Crippen MR) is 127 cm³/mol. The standard InChI is InChI=1S/C25H30F2N4O4/c1-5-22(32-4)19(23-15(2)30-35-16(23)3)12-18-13-21-20(14-28-18)29-24(17-6-9-33-10-7-17)31(21)8-11-34-25(26)27/h5,12-14,17,25H,6-11H2,1-4H3/b19-12+,22-5+. The average Bonchev–Trinajstić information content (AvgIpc) is 3.38. The van der Waals surface area contributed by atoms with Crippen LogP contribution in [0.15, 0.2) is 28.6 Å². The van der Waals surface area contributed by atoms with Gasteiger partial charge in [0.1, 0.15) is 22.9 Å². The maximum absolute atomic E-state index is 12.7. The van der Waals surface area contributed by atoms with Crippen molar-refractivity contribution in [2.24, 2.45) is 0 Å². The van der Waals surface area contributed by atoms with Crippen molar-refractivity contribution in [2.75, 3.05) is 26.9 Å². The minimum absolute atomic E-state index is 0.121. The van der Waals surface area contributed by atoms with Gasteiger partial charge in [0.15, 0.2) is 0 Å². The van der Waals surface area contributed by atoms with Crippen molar-refractivity contribution >= 4 is 22.7 Å². The molecule has 0 saturated carbocycles. The molecule has 4 rings (SSSR count). The minimum Gasteiger partial charge on any atom is -0.496 e. The molecule has 1 saturated heterocycles. The first kappa shape index (κ1) is 25.0. The molecule has 188 valence electrons. The van der Waals surface area contributed by atoms with Gasteiger partial charge >= 0.3 is 6.61 Å². The fourth-order valence-corrected chi connectivity index (χ4v) is 4.54. The van der Waals surface area contributed by atoms with Crippen molar-refractivity contribution in [3.8, 4) is 0 Å². The molecule has 0 N–H and O–H groups in total. The van der Waals surface area contributed by atoms with Gasteiger partial charge < -0.3 is 23.3 Å². The first-order valence-corrected chi connectivity index (χ1v) is 11.6. The lowest BCUT2D eigenvalue weighted by molar-refractivity contribution is -0.130. The van der Waals surface area contributed by atoms with Gasteiger partial charge in [0, 0.05) is 31.2 Å². The van der Waals surface area contributed by atoms with E-state index in [-0.39, 0.29) is 19.1 Å². The molecule has 0 aliphatic carbocycles. The molecular formula is C25H30F2N4O4. The lowest BCUT2D eigenvalue weighted by Gasteiger charge is -2.22. The lowest BCUT2D eigenvalue weighted by Crippen LogP contribution is -2.19. The summed E-state index contributed by atoms with van der Waals surface area (Å²) in [5.74, 6) is 2.36. The third-order valence-electron chi connectivity index (χ3n) is 6.17. The number of hydrogen-bond donors (Lipinski definition) is 0. The van der Waals surface area contributed by atoms with Crippen molar-refractivity contribution in [3.05, 3.63) is 52.6 Å². The Labute approximate surface area is 202 Å². The third kappa shape index (κ3) is 5.43. The molecule has 0 radical (unpaired) electrons. The summed E-state index contributed by atoms with van der Waals surface area (Å²) < 4.78 is 48.4. The number of hydrogen-bond acceptors (Lipinski definition) is 7. The van der Waals surface area contributed by atoms with Crippen LogP contribution >= 0.6 is 0 Å². The number of ether oxygens (including phenoxy) is 3. The molecule has 10 heteroatoms. The molecule has 0 spiro atoms. The van der Waals surface area contributed by atoms with Crippen molar-refractivity contribution in [3.63, 3.8) is 0 Å². The summed E-state index contributed by atoms with van der Waals surface area (Å²) in [5.41, 5.74) is 4.54. The Balaban J connectivity index is 1.81. The summed E-state index contributed by atoms with van der Waals surface area (Å²) in [6.45, 7) is 4.23. The molecule has 1 aliphatic rings. The first-order chi connectivity index (χ1) is 16.9. The zero-order chi connectivity index (χ0) is 24.9. The largest absolute Gasteiger partial charge is 0.496 e. The van der Waals surface area contributed by atoms with Gasteiger partial charge in [-0.25, -0.2) is 4.98 Å². The van der Waals surface area contributed by atoms with E-state index in [1.54, 1.807) is 13.3 Å². The predicted octanol–water partition coefficient (Wildman–Crippen LogP) is 5.26. The van der Waals surface area contributed by atoms with Crippen molar-refractivity contribution < 1.29 is 27.5 Å². The number of halogens is 2. The molecule has 1 aliphatic heterocycles. The molecule has 3 aromatic rings. The number of imidazole rings is 1. The number of rotatable bonds is 9. The minimum atomic E-state index is -2.82. The topological polar surface area (TPSA) is 84.4 Å². The number of methoxy groups -OCH3 is 1. The summed E-state index contributed by atoms with van der Waals surface area (Å²) in [7, 11) is 1.61. The van der Waals surface area contributed by atoms with Crippen LogP contribution in [0.4, 0.5) is 8.78 Å². The van der Waals surface area contributed by atoms with Crippen molar-refractivity contribution in [1.82, 2.24) is 19.7 Å². The number of alkyl halides is 2. The summed E-state index contributed by atoms with van der Waals surface area (Å²) in [6, 6.07) is 1.91. The smallest absolute Gasteiger partial charge is 0.345 e. The van der Waals surface area contributed by atoms with E-state index >= 15 is 0 Å². The van der Waals surface area contributed by atoms with E-state index in [4.69, 9.17) is 19.0 Å². The molecule has 35 heavy (non-hydrogen) atoms. The number of fused-ring (bicyclic) bond motifs is 1. The highest BCUT2D eigenvalue weighted by atomic mass is 19.3. The summed E-state index contributed by atoms with van der Waals surface area (Å²) in [4.78, 5) is 9.43. The number of aryl methyl sites for hydroxylation is 2. The zero-order valence-corrected chi connectivity index (χ0v) is 20.4. The molecule has 8 nitrogen and oxygen atoms in total. The second-order valence-electron chi connectivity index (χ2n) is 8.35. The van der Waals surface area contributed by atoms with E-state index in [0.29, 0.717) is 35.9 Å². The van der Waals surface area contributed by atoms with Crippen LogP contribution in [-0.2, 0) is 20.8 Å². The quantitative estimate of drug-likeness (QED) is 0.300. The Morgan fingerprint density at radius 1 is 1.29 bits per heavy atom. The van der Waals surface area contributed by atoms with Gasteiger partial charge in [0.2, 0.25) is 0 Å². The van der Waals surface area contributed by atoms with Crippen LogP contribution in [0.3, 0.4) is 0 Å². The molecule has 4 heterocycles. The van der Waals surface area contributed by atoms with Gasteiger partial charge in [-0.2, -0.15) is 8.78 Å². The number of aromatic nitrogens is 4. The van der Waals surface area contributed by atoms with E-state index in [1.807, 2.05) is 43.6 Å². The van der Waals surface area contributed by atoms with E-state index in [9.17, 15) is 8.78 Å². The second kappa shape index (κ2) is 11.1. The summed E-state index contributed by atoms with van der Waals surface area (Å²) in [6.07, 6.45) is 7.14. The molecule has 3 aromatic heterocycles. The van der Waals surface area contributed by atoms with Crippen LogP contribution in [0.2, 0.25) is 0 Å². The van der Waals surface area contributed by atoms with Crippen LogP contribution < -0.4 is 0 Å². The molecule has 0 atom stereocenters. The monoisotopic (exact) mass is 488 g/mol. The van der Waals surface area contributed by atoms with Gasteiger partial charge in [-0.05, 0) is 51.8 Å². The fraction of sp³-hybridized carbons (Fsp3) is 0.480. The highest BCUT2D eigenvalue weighted by Gasteiger charge is 2.24. The zero-order valence-electron chi connectivity index (χ0n) is 20.4. The van der Waals surface area contributed by atoms with E-state index < -0.39 is 6.61 Å². The molecule has 0 aromatic carbocycles. The van der Waals surface area contributed by atoms with E-state index in [0.717, 1.165) is 41.0 Å². The van der Waals surface area contributed by atoms with Gasteiger partial charge in [-0.15, -0.1) is 0 Å². The normalized spacial score (nSPS) is 16.0. The number of allylic oxidation sites excluding steroid dienone is 2. The Morgan fingerprint density at radius 2 is 2.06 bits per heavy atom. The first-order valence-electron chi connectivity index (χ1n) is 11.6. The Hall–Kier alpha value is -3.11. The van der Waals surface area contributed by atoms with Crippen LogP contribution in [0.25, 0.3) is 22.7 Å². The summed E-state index contributed by atoms with van der Waals surface area (Å²) in [5, 5.41) is 4.08. The molecule has 0 unspecified atom stereocenters. The van der Waals surface area contributed by atoms with Crippen molar-refractivity contribution in [2.45, 2.75) is 52.7 Å². The summed E-state index contributed by atoms with van der Waals surface area (Å²) >= 11 is 0.